The van der Waals surface area contributed by atoms with Crippen molar-refractivity contribution in [3.05, 3.63) is 58.7 Å². The summed E-state index contributed by atoms with van der Waals surface area (Å²) in [5, 5.41) is 2.98. The molecule has 6 heteroatoms. The fraction of sp³-hybridized carbons (Fsp3) is 0.435. The molecule has 29 heavy (non-hydrogen) atoms. The molecule has 2 N–H and O–H groups in total. The number of benzene rings is 2. The maximum absolute atomic E-state index is 13.0. The lowest BCUT2D eigenvalue weighted by molar-refractivity contribution is 0.0943. The van der Waals surface area contributed by atoms with E-state index in [2.05, 4.69) is 10.0 Å². The molecule has 0 aliphatic heterocycles. The van der Waals surface area contributed by atoms with Crippen molar-refractivity contribution < 1.29 is 13.2 Å². The molecule has 2 aromatic carbocycles. The lowest BCUT2D eigenvalue weighted by atomic mass is 9.89. The molecule has 0 bridgehead atoms. The molecule has 3 rings (SSSR count). The van der Waals surface area contributed by atoms with Crippen LogP contribution in [0.4, 0.5) is 5.69 Å². The summed E-state index contributed by atoms with van der Waals surface area (Å²) in [7, 11) is -3.80. The Bertz CT molecular complexity index is 993. The maximum atomic E-state index is 13.0. The van der Waals surface area contributed by atoms with Crippen LogP contribution in [0.1, 0.15) is 59.2 Å². The van der Waals surface area contributed by atoms with Gasteiger partial charge in [0, 0.05) is 12.1 Å². The second-order valence-corrected chi connectivity index (χ2v) is 9.77. The molecule has 0 atom stereocenters. The topological polar surface area (TPSA) is 75.3 Å². The summed E-state index contributed by atoms with van der Waals surface area (Å²) in [6.45, 7) is 6.22. The van der Waals surface area contributed by atoms with Crippen LogP contribution in [0, 0.1) is 26.7 Å². The number of carbonyl (C=O) groups excluding carboxylic acids is 1. The SMILES string of the molecule is Cc1ccc(NS(=O)(=O)c2cc(C(=O)NCC3CCCCC3)ccc2C)c(C)c1. The van der Waals surface area contributed by atoms with Crippen LogP contribution < -0.4 is 10.0 Å². The van der Waals surface area contributed by atoms with Crippen LogP contribution in [0.5, 0.6) is 0 Å². The smallest absolute Gasteiger partial charge is 0.262 e. The summed E-state index contributed by atoms with van der Waals surface area (Å²) in [5.41, 5.74) is 3.44. The van der Waals surface area contributed by atoms with E-state index >= 15 is 0 Å². The van der Waals surface area contributed by atoms with Crippen LogP contribution in [-0.2, 0) is 10.0 Å². The van der Waals surface area contributed by atoms with E-state index in [1.54, 1.807) is 25.1 Å². The van der Waals surface area contributed by atoms with Crippen LogP contribution in [0.25, 0.3) is 0 Å². The second-order valence-electron chi connectivity index (χ2n) is 8.12. The number of anilines is 1. The molecule has 2 aromatic rings. The van der Waals surface area contributed by atoms with Crippen LogP contribution in [0.3, 0.4) is 0 Å². The predicted octanol–water partition coefficient (Wildman–Crippen LogP) is 4.72. The Morgan fingerprint density at radius 3 is 2.38 bits per heavy atom. The lowest BCUT2D eigenvalue weighted by Crippen LogP contribution is -2.30. The van der Waals surface area contributed by atoms with Gasteiger partial charge in [0.25, 0.3) is 15.9 Å². The maximum Gasteiger partial charge on any atom is 0.262 e. The highest BCUT2D eigenvalue weighted by Crippen LogP contribution is 2.25. The second kappa shape index (κ2) is 8.99. The van der Waals surface area contributed by atoms with E-state index in [1.807, 2.05) is 26.0 Å². The van der Waals surface area contributed by atoms with Crippen LogP contribution >= 0.6 is 0 Å². The average Bonchev–Trinajstić information content (AvgIpc) is 2.69. The first-order valence-electron chi connectivity index (χ1n) is 10.3. The summed E-state index contributed by atoms with van der Waals surface area (Å²) in [6, 6.07) is 10.4. The highest BCUT2D eigenvalue weighted by molar-refractivity contribution is 7.92. The van der Waals surface area contributed by atoms with E-state index in [4.69, 9.17) is 0 Å². The van der Waals surface area contributed by atoms with Gasteiger partial charge in [0.2, 0.25) is 0 Å². The van der Waals surface area contributed by atoms with Crippen molar-refractivity contribution in [3.8, 4) is 0 Å². The third-order valence-electron chi connectivity index (χ3n) is 5.64. The molecular weight excluding hydrogens is 384 g/mol. The molecule has 0 spiro atoms. The number of hydrogen-bond donors (Lipinski definition) is 2. The van der Waals surface area contributed by atoms with Gasteiger partial charge in [-0.25, -0.2) is 8.42 Å². The summed E-state index contributed by atoms with van der Waals surface area (Å²) >= 11 is 0. The summed E-state index contributed by atoms with van der Waals surface area (Å²) in [5.74, 6) is 0.297. The minimum absolute atomic E-state index is 0.128. The number of nitrogens with one attached hydrogen (secondary N) is 2. The molecule has 1 amide bonds. The molecule has 156 valence electrons. The van der Waals surface area contributed by atoms with E-state index in [1.165, 1.54) is 25.3 Å². The molecule has 1 aliphatic rings. The third kappa shape index (κ3) is 5.38. The van der Waals surface area contributed by atoms with E-state index in [0.29, 0.717) is 29.3 Å². The normalized spacial score (nSPS) is 15.1. The van der Waals surface area contributed by atoms with Gasteiger partial charge < -0.3 is 5.32 Å². The standard InChI is InChI=1S/C23H30N2O3S/c1-16-9-12-21(18(3)13-16)25-29(27,28)22-14-20(11-10-17(22)2)23(26)24-15-19-7-5-4-6-8-19/h9-14,19,25H,4-8,15H2,1-3H3,(H,24,26). The fourth-order valence-electron chi connectivity index (χ4n) is 3.89. The number of aryl methyl sites for hydroxylation is 3. The van der Waals surface area contributed by atoms with E-state index in [0.717, 1.165) is 24.0 Å². The third-order valence-corrected chi connectivity index (χ3v) is 7.15. The molecule has 0 heterocycles. The summed E-state index contributed by atoms with van der Waals surface area (Å²) in [6.07, 6.45) is 6.01. The van der Waals surface area contributed by atoms with Crippen molar-refractivity contribution in [1.29, 1.82) is 0 Å². The number of rotatable bonds is 6. The zero-order valence-electron chi connectivity index (χ0n) is 17.4. The average molecular weight is 415 g/mol. The number of sulfonamides is 1. The minimum Gasteiger partial charge on any atom is -0.352 e. The van der Waals surface area contributed by atoms with E-state index in [-0.39, 0.29) is 10.8 Å². The van der Waals surface area contributed by atoms with Crippen molar-refractivity contribution in [2.24, 2.45) is 5.92 Å². The largest absolute Gasteiger partial charge is 0.352 e. The molecule has 0 saturated heterocycles. The molecular formula is C23H30N2O3S. The van der Waals surface area contributed by atoms with Crippen LogP contribution in [0.2, 0.25) is 0 Å². The van der Waals surface area contributed by atoms with E-state index in [9.17, 15) is 13.2 Å². The number of amides is 1. The Morgan fingerprint density at radius 1 is 0.966 bits per heavy atom. The number of hydrogen-bond acceptors (Lipinski definition) is 3. The van der Waals surface area contributed by atoms with Gasteiger partial charge >= 0.3 is 0 Å². The van der Waals surface area contributed by atoms with Gasteiger partial charge in [-0.1, -0.05) is 43.0 Å². The first kappa shape index (κ1) is 21.4. The molecule has 1 aliphatic carbocycles. The first-order chi connectivity index (χ1) is 13.8. The van der Waals surface area contributed by atoms with Gasteiger partial charge in [-0.05, 0) is 68.9 Å². The van der Waals surface area contributed by atoms with Crippen molar-refractivity contribution in [3.63, 3.8) is 0 Å². The predicted molar refractivity (Wildman–Crippen MR) is 117 cm³/mol. The fourth-order valence-corrected chi connectivity index (χ4v) is 5.29. The Hall–Kier alpha value is -2.34. The minimum atomic E-state index is -3.80. The Labute approximate surface area is 174 Å². The summed E-state index contributed by atoms with van der Waals surface area (Å²) in [4.78, 5) is 12.7. The molecule has 5 nitrogen and oxygen atoms in total. The van der Waals surface area contributed by atoms with Gasteiger partial charge in [0.15, 0.2) is 0 Å². The Morgan fingerprint density at radius 2 is 1.69 bits per heavy atom. The van der Waals surface area contributed by atoms with Crippen molar-refractivity contribution in [1.82, 2.24) is 5.32 Å². The van der Waals surface area contributed by atoms with E-state index < -0.39 is 10.0 Å². The quantitative estimate of drug-likeness (QED) is 0.718. The van der Waals surface area contributed by atoms with Crippen molar-refractivity contribution in [2.75, 3.05) is 11.3 Å². The summed E-state index contributed by atoms with van der Waals surface area (Å²) < 4.78 is 28.7. The van der Waals surface area contributed by atoms with Crippen molar-refractivity contribution >= 4 is 21.6 Å². The van der Waals surface area contributed by atoms with Gasteiger partial charge in [-0.15, -0.1) is 0 Å². The van der Waals surface area contributed by atoms with Crippen LogP contribution in [-0.4, -0.2) is 20.9 Å². The highest BCUT2D eigenvalue weighted by atomic mass is 32.2. The Kier molecular flexibility index (Phi) is 6.63. The van der Waals surface area contributed by atoms with Gasteiger partial charge in [-0.3, -0.25) is 9.52 Å². The zero-order valence-corrected chi connectivity index (χ0v) is 18.2. The highest BCUT2D eigenvalue weighted by Gasteiger charge is 2.21. The van der Waals surface area contributed by atoms with Gasteiger partial charge in [0.05, 0.1) is 10.6 Å². The molecule has 0 aromatic heterocycles. The van der Waals surface area contributed by atoms with Crippen LogP contribution in [0.15, 0.2) is 41.3 Å². The van der Waals surface area contributed by atoms with Crippen molar-refractivity contribution in [2.45, 2.75) is 57.8 Å². The zero-order chi connectivity index (χ0) is 21.0. The number of carbonyl (C=O) groups is 1. The Balaban J connectivity index is 1.77. The molecule has 0 unspecified atom stereocenters. The monoisotopic (exact) mass is 414 g/mol. The van der Waals surface area contributed by atoms with Gasteiger partial charge in [-0.2, -0.15) is 0 Å². The molecule has 0 radical (unpaired) electrons. The molecule has 1 fully saturated rings. The lowest BCUT2D eigenvalue weighted by Gasteiger charge is -2.21. The van der Waals surface area contributed by atoms with Gasteiger partial charge in [0.1, 0.15) is 0 Å². The molecule has 1 saturated carbocycles. The first-order valence-corrected chi connectivity index (χ1v) is 11.7.